The van der Waals surface area contributed by atoms with E-state index in [1.165, 1.54) is 31.0 Å². The molecule has 2 atom stereocenters. The third-order valence-electron chi connectivity index (χ3n) is 2.50. The summed E-state index contributed by atoms with van der Waals surface area (Å²) in [6.45, 7) is 0.304. The van der Waals surface area contributed by atoms with Gasteiger partial charge >= 0.3 is 5.69 Å². The summed E-state index contributed by atoms with van der Waals surface area (Å²) in [6.07, 6.45) is -0.0465. The smallest absolute Gasteiger partial charge is 0.351 e. The molecule has 1 aromatic heterocycles. The van der Waals surface area contributed by atoms with Crippen molar-refractivity contribution in [1.82, 2.24) is 9.55 Å². The van der Waals surface area contributed by atoms with Crippen LogP contribution in [0.3, 0.4) is 0 Å². The molecule has 19 heavy (non-hydrogen) atoms. The van der Waals surface area contributed by atoms with E-state index < -0.39 is 18.0 Å². The van der Waals surface area contributed by atoms with Crippen LogP contribution in [0.15, 0.2) is 17.1 Å². The van der Waals surface area contributed by atoms with Crippen molar-refractivity contribution in [3.05, 3.63) is 22.7 Å². The highest BCUT2D eigenvalue weighted by Crippen LogP contribution is 2.14. The summed E-state index contributed by atoms with van der Waals surface area (Å²) in [7, 11) is 2.96. The van der Waals surface area contributed by atoms with Crippen LogP contribution in [0.5, 0.6) is 0 Å². The van der Waals surface area contributed by atoms with Crippen LogP contribution in [0, 0.1) is 0 Å². The largest absolute Gasteiger partial charge is 0.393 e. The zero-order valence-electron chi connectivity index (χ0n) is 11.0. The minimum Gasteiger partial charge on any atom is -0.393 e. The molecule has 0 bridgehead atoms. The molecule has 0 radical (unpaired) electrons. The van der Waals surface area contributed by atoms with Crippen LogP contribution in [-0.2, 0) is 14.2 Å². The number of methoxy groups -OCH3 is 2. The normalized spacial score (nSPS) is 14.3. The number of aliphatic hydroxyl groups excluding tert-OH is 1. The maximum Gasteiger partial charge on any atom is 0.351 e. The Labute approximate surface area is 110 Å². The Morgan fingerprint density at radius 1 is 1.47 bits per heavy atom. The first-order chi connectivity index (χ1) is 9.13. The van der Waals surface area contributed by atoms with Gasteiger partial charge < -0.3 is 25.1 Å². The highest BCUT2D eigenvalue weighted by molar-refractivity contribution is 5.23. The van der Waals surface area contributed by atoms with Gasteiger partial charge in [0.05, 0.1) is 19.8 Å². The zero-order chi connectivity index (χ0) is 14.3. The van der Waals surface area contributed by atoms with E-state index in [2.05, 4.69) is 4.98 Å². The maximum atomic E-state index is 11.8. The third-order valence-corrected chi connectivity index (χ3v) is 2.50. The summed E-state index contributed by atoms with van der Waals surface area (Å²) in [5, 5.41) is 9.26. The lowest BCUT2D eigenvalue weighted by atomic mass is 10.3. The highest BCUT2D eigenvalue weighted by Gasteiger charge is 2.24. The quantitative estimate of drug-likeness (QED) is 0.584. The van der Waals surface area contributed by atoms with Gasteiger partial charge in [-0.3, -0.25) is 4.57 Å². The number of aromatic nitrogens is 2. The summed E-state index contributed by atoms with van der Waals surface area (Å²) in [4.78, 5) is 15.4. The lowest BCUT2D eigenvalue weighted by Gasteiger charge is -2.26. The number of hydrogen-bond acceptors (Lipinski definition) is 7. The number of rotatable bonds is 8. The Morgan fingerprint density at radius 3 is 2.74 bits per heavy atom. The molecule has 0 fully saturated rings. The lowest BCUT2D eigenvalue weighted by Crippen LogP contribution is -2.38. The molecule has 0 aromatic carbocycles. The van der Waals surface area contributed by atoms with Gasteiger partial charge in [-0.25, -0.2) is 4.79 Å². The molecule has 8 heteroatoms. The fourth-order valence-corrected chi connectivity index (χ4v) is 1.52. The van der Waals surface area contributed by atoms with Gasteiger partial charge in [0.1, 0.15) is 11.9 Å². The minimum atomic E-state index is -0.800. The van der Waals surface area contributed by atoms with Crippen molar-refractivity contribution in [2.75, 3.05) is 39.8 Å². The van der Waals surface area contributed by atoms with Gasteiger partial charge in [-0.1, -0.05) is 0 Å². The fraction of sp³-hybridized carbons (Fsp3) is 0.636. The van der Waals surface area contributed by atoms with Gasteiger partial charge in [-0.15, -0.1) is 0 Å². The summed E-state index contributed by atoms with van der Waals surface area (Å²) in [5.41, 5.74) is 4.85. The number of nitrogens with zero attached hydrogens (tertiary/aromatic N) is 2. The van der Waals surface area contributed by atoms with Crippen molar-refractivity contribution in [2.45, 2.75) is 12.3 Å². The number of aliphatic hydroxyl groups is 1. The zero-order valence-corrected chi connectivity index (χ0v) is 11.0. The number of anilines is 1. The lowest BCUT2D eigenvalue weighted by molar-refractivity contribution is -0.122. The van der Waals surface area contributed by atoms with E-state index in [4.69, 9.17) is 19.9 Å². The van der Waals surface area contributed by atoms with Gasteiger partial charge in [0, 0.05) is 20.4 Å². The number of nitrogens with two attached hydrogens (primary N) is 1. The molecule has 0 aliphatic heterocycles. The first-order valence-corrected chi connectivity index (χ1v) is 5.73. The molecule has 0 spiro atoms. The number of hydrogen-bond donors (Lipinski definition) is 2. The van der Waals surface area contributed by atoms with E-state index in [0.29, 0.717) is 6.61 Å². The van der Waals surface area contributed by atoms with Gasteiger partial charge in [-0.05, 0) is 6.07 Å². The van der Waals surface area contributed by atoms with Crippen molar-refractivity contribution in [3.63, 3.8) is 0 Å². The minimum absolute atomic E-state index is 0.120. The predicted molar refractivity (Wildman–Crippen MR) is 67.7 cm³/mol. The fourth-order valence-electron chi connectivity index (χ4n) is 1.52. The summed E-state index contributed by atoms with van der Waals surface area (Å²) < 4.78 is 16.7. The molecule has 8 nitrogen and oxygen atoms in total. The van der Waals surface area contributed by atoms with E-state index in [1.807, 2.05) is 0 Å². The Balaban J connectivity index is 2.96. The summed E-state index contributed by atoms with van der Waals surface area (Å²) in [5.74, 6) is 0.120. The molecule has 0 aliphatic carbocycles. The maximum absolute atomic E-state index is 11.8. The Morgan fingerprint density at radius 2 is 2.21 bits per heavy atom. The van der Waals surface area contributed by atoms with Crippen LogP contribution in [0.1, 0.15) is 6.23 Å². The second-order valence-electron chi connectivity index (χ2n) is 3.75. The molecule has 108 valence electrons. The second-order valence-corrected chi connectivity index (χ2v) is 3.75. The molecular weight excluding hydrogens is 254 g/mol. The second kappa shape index (κ2) is 7.85. The molecular formula is C11H19N3O5. The number of nitrogen functional groups attached to an aromatic ring is 1. The van der Waals surface area contributed by atoms with Crippen LogP contribution in [0.4, 0.5) is 5.82 Å². The highest BCUT2D eigenvalue weighted by atomic mass is 16.6. The first kappa shape index (κ1) is 15.6. The molecule has 3 N–H and O–H groups in total. The van der Waals surface area contributed by atoms with Crippen LogP contribution in [0.25, 0.3) is 0 Å². The van der Waals surface area contributed by atoms with E-state index >= 15 is 0 Å². The van der Waals surface area contributed by atoms with E-state index in [-0.39, 0.29) is 19.0 Å². The van der Waals surface area contributed by atoms with Crippen LogP contribution >= 0.6 is 0 Å². The average Bonchev–Trinajstić information content (AvgIpc) is 2.39. The monoisotopic (exact) mass is 273 g/mol. The molecule has 0 saturated carbocycles. The third kappa shape index (κ3) is 4.28. The topological polar surface area (TPSA) is 109 Å². The van der Waals surface area contributed by atoms with E-state index in [0.717, 1.165) is 0 Å². The predicted octanol–water partition coefficient (Wildman–Crippen LogP) is -1.01. The van der Waals surface area contributed by atoms with Crippen molar-refractivity contribution in [2.24, 2.45) is 0 Å². The van der Waals surface area contributed by atoms with Gasteiger partial charge in [0.25, 0.3) is 0 Å². The van der Waals surface area contributed by atoms with Gasteiger partial charge in [0.15, 0.2) is 6.23 Å². The van der Waals surface area contributed by atoms with E-state index in [1.54, 1.807) is 0 Å². The number of ether oxygens (including phenoxy) is 3. The Hall–Kier alpha value is -1.48. The SMILES string of the molecule is COCCO[C@H]([C@@H](CO)OC)n1ccc(N)nc1=O. The average molecular weight is 273 g/mol. The molecule has 1 heterocycles. The van der Waals surface area contributed by atoms with Crippen LogP contribution < -0.4 is 11.4 Å². The van der Waals surface area contributed by atoms with Crippen molar-refractivity contribution >= 4 is 5.82 Å². The van der Waals surface area contributed by atoms with E-state index in [9.17, 15) is 9.90 Å². The van der Waals surface area contributed by atoms with Crippen LogP contribution in [0.2, 0.25) is 0 Å². The first-order valence-electron chi connectivity index (χ1n) is 5.73. The summed E-state index contributed by atoms with van der Waals surface area (Å²) in [6, 6.07) is 1.47. The molecule has 1 rings (SSSR count). The van der Waals surface area contributed by atoms with Crippen molar-refractivity contribution in [3.8, 4) is 0 Å². The van der Waals surface area contributed by atoms with Gasteiger partial charge in [-0.2, -0.15) is 4.98 Å². The van der Waals surface area contributed by atoms with Crippen molar-refractivity contribution in [1.29, 1.82) is 0 Å². The Kier molecular flexibility index (Phi) is 6.43. The molecule has 0 amide bonds. The standard InChI is InChI=1S/C11H19N3O5/c1-17-5-6-19-10(8(7-15)18-2)14-4-3-9(12)13-11(14)16/h3-4,8,10,15H,5-7H2,1-2H3,(H2,12,13,16)/t8-,10-/m1/s1. The molecule has 0 unspecified atom stereocenters. The Bertz CT molecular complexity index is 433. The molecule has 0 saturated heterocycles. The van der Waals surface area contributed by atoms with Gasteiger partial charge in [0.2, 0.25) is 0 Å². The van der Waals surface area contributed by atoms with Crippen LogP contribution in [-0.4, -0.2) is 54.8 Å². The molecule has 1 aromatic rings. The van der Waals surface area contributed by atoms with Crippen molar-refractivity contribution < 1.29 is 19.3 Å². The summed E-state index contributed by atoms with van der Waals surface area (Å²) >= 11 is 0. The molecule has 0 aliphatic rings.